The second-order valence-corrected chi connectivity index (χ2v) is 7.18. The van der Waals surface area contributed by atoms with Gasteiger partial charge in [-0.3, -0.25) is 4.79 Å². The van der Waals surface area contributed by atoms with Crippen LogP contribution in [-0.2, 0) is 24.3 Å². The Bertz CT molecular complexity index is 918. The Morgan fingerprint density at radius 3 is 2.47 bits per heavy atom. The highest BCUT2D eigenvalue weighted by Crippen LogP contribution is 2.17. The lowest BCUT2D eigenvalue weighted by Crippen LogP contribution is -2.44. The fourth-order valence-corrected chi connectivity index (χ4v) is 3.31. The van der Waals surface area contributed by atoms with Crippen LogP contribution < -0.4 is 5.73 Å². The van der Waals surface area contributed by atoms with Crippen LogP contribution in [0, 0.1) is 0 Å². The van der Waals surface area contributed by atoms with Crippen LogP contribution in [0.25, 0.3) is 0 Å². The van der Waals surface area contributed by atoms with E-state index in [9.17, 15) is 4.79 Å². The van der Waals surface area contributed by atoms with Gasteiger partial charge in [-0.2, -0.15) is 0 Å². The number of imidazole rings is 1. The first-order valence-electron chi connectivity index (χ1n) is 9.39. The van der Waals surface area contributed by atoms with Gasteiger partial charge in [-0.15, -0.1) is 24.8 Å². The average Bonchev–Trinajstić information content (AvgIpc) is 3.14. The fourth-order valence-electron chi connectivity index (χ4n) is 3.12. The summed E-state index contributed by atoms with van der Waals surface area (Å²) in [5.74, 6) is -0.0972. The zero-order valence-corrected chi connectivity index (χ0v) is 19.2. The number of hydrogen-bond acceptors (Lipinski definition) is 3. The molecule has 30 heavy (non-hydrogen) atoms. The van der Waals surface area contributed by atoms with Crippen LogP contribution in [0.4, 0.5) is 0 Å². The van der Waals surface area contributed by atoms with Crippen LogP contribution in [0.3, 0.4) is 0 Å². The number of carbonyl (C=O) groups is 1. The lowest BCUT2D eigenvalue weighted by Gasteiger charge is -2.24. The van der Waals surface area contributed by atoms with Crippen molar-refractivity contribution in [1.29, 1.82) is 0 Å². The summed E-state index contributed by atoms with van der Waals surface area (Å²) in [5.41, 5.74) is 9.13. The normalized spacial score (nSPS) is 11.2. The van der Waals surface area contributed by atoms with Crippen molar-refractivity contribution in [3.8, 4) is 0 Å². The zero-order chi connectivity index (χ0) is 19.9. The van der Waals surface area contributed by atoms with Crippen molar-refractivity contribution in [2.45, 2.75) is 32.5 Å². The van der Waals surface area contributed by atoms with E-state index in [4.69, 9.17) is 17.3 Å². The first-order valence-corrected chi connectivity index (χ1v) is 9.77. The van der Waals surface area contributed by atoms with Crippen molar-refractivity contribution in [1.82, 2.24) is 14.5 Å². The van der Waals surface area contributed by atoms with Crippen molar-refractivity contribution < 1.29 is 4.79 Å². The molecule has 1 heterocycles. The molecule has 0 bridgehead atoms. The van der Waals surface area contributed by atoms with Gasteiger partial charge in [-0.1, -0.05) is 60.1 Å². The van der Waals surface area contributed by atoms with Gasteiger partial charge in [0.25, 0.3) is 0 Å². The minimum Gasteiger partial charge on any atom is -0.337 e. The molecule has 1 atom stereocenters. The Hall–Kier alpha value is -2.05. The molecule has 0 saturated heterocycles. The van der Waals surface area contributed by atoms with E-state index in [1.165, 1.54) is 5.56 Å². The van der Waals surface area contributed by atoms with E-state index in [0.717, 1.165) is 17.8 Å². The van der Waals surface area contributed by atoms with Gasteiger partial charge in [0.1, 0.15) is 0 Å². The second-order valence-electron chi connectivity index (χ2n) is 6.78. The first kappa shape index (κ1) is 26.0. The molecule has 3 aromatic rings. The molecule has 0 aliphatic heterocycles. The van der Waals surface area contributed by atoms with Gasteiger partial charge in [0.2, 0.25) is 5.91 Å². The highest BCUT2D eigenvalue weighted by atomic mass is 35.5. The molecule has 0 spiro atoms. The Balaban J connectivity index is 0.00000225. The number of aromatic nitrogens is 2. The number of carbonyl (C=O) groups excluding carboxylic acids is 1. The molecule has 8 heteroatoms. The van der Waals surface area contributed by atoms with Gasteiger partial charge < -0.3 is 15.2 Å². The van der Waals surface area contributed by atoms with Crippen molar-refractivity contribution >= 4 is 42.3 Å². The summed E-state index contributed by atoms with van der Waals surface area (Å²) in [7, 11) is 0. The maximum absolute atomic E-state index is 12.8. The minimum atomic E-state index is -0.637. The quantitative estimate of drug-likeness (QED) is 0.533. The molecule has 0 unspecified atom stereocenters. The molecular weight excluding hydrogens is 443 g/mol. The highest BCUT2D eigenvalue weighted by molar-refractivity contribution is 6.31. The molecule has 0 radical (unpaired) electrons. The molecule has 5 nitrogen and oxygen atoms in total. The fraction of sp³-hybridized carbons (Fsp3) is 0.273. The molecular formula is C22H27Cl3N4O. The predicted octanol–water partition coefficient (Wildman–Crippen LogP) is 4.35. The summed E-state index contributed by atoms with van der Waals surface area (Å²) in [5, 5.41) is 0.655. The molecule has 1 aromatic heterocycles. The van der Waals surface area contributed by atoms with Crippen LogP contribution in [0.5, 0.6) is 0 Å². The first-order chi connectivity index (χ1) is 13.6. The lowest BCUT2D eigenvalue weighted by atomic mass is 10.1. The molecule has 162 valence electrons. The van der Waals surface area contributed by atoms with E-state index in [-0.39, 0.29) is 30.7 Å². The summed E-state index contributed by atoms with van der Waals surface area (Å²) in [6, 6.07) is 17.1. The third kappa shape index (κ3) is 7.03. The standard InChI is InChI=1S/C22H25ClN4O.2ClH/c1-2-27(14-18-10-6-7-11-20(18)23)22(28)21(24)12-19-15-26(16-25-19)13-17-8-4-3-5-9-17;;/h3-11,15-16,21H,2,12-14,24H2,1H3;2*1H/t21-;;/m0../s1. The third-order valence-corrected chi connectivity index (χ3v) is 5.02. The van der Waals surface area contributed by atoms with Gasteiger partial charge in [-0.05, 0) is 24.1 Å². The topological polar surface area (TPSA) is 64.2 Å². The van der Waals surface area contributed by atoms with Crippen molar-refractivity contribution in [3.63, 3.8) is 0 Å². The van der Waals surface area contributed by atoms with Crippen molar-refractivity contribution in [2.24, 2.45) is 5.73 Å². The molecule has 1 amide bonds. The lowest BCUT2D eigenvalue weighted by molar-refractivity contribution is -0.133. The van der Waals surface area contributed by atoms with Crippen molar-refractivity contribution in [3.05, 3.63) is 89.0 Å². The maximum atomic E-state index is 12.8. The Morgan fingerprint density at radius 2 is 1.80 bits per heavy atom. The molecule has 0 aliphatic carbocycles. The van der Waals surface area contributed by atoms with E-state index >= 15 is 0 Å². The van der Waals surface area contributed by atoms with Crippen LogP contribution in [0.2, 0.25) is 5.02 Å². The number of rotatable bonds is 8. The Labute approximate surface area is 195 Å². The summed E-state index contributed by atoms with van der Waals surface area (Å²) >= 11 is 6.23. The van der Waals surface area contributed by atoms with Crippen LogP contribution in [-0.4, -0.2) is 32.9 Å². The van der Waals surface area contributed by atoms with E-state index < -0.39 is 6.04 Å². The third-order valence-electron chi connectivity index (χ3n) is 4.65. The van der Waals surface area contributed by atoms with E-state index in [1.54, 1.807) is 11.2 Å². The van der Waals surface area contributed by atoms with Crippen molar-refractivity contribution in [2.75, 3.05) is 6.54 Å². The predicted molar refractivity (Wildman–Crippen MR) is 126 cm³/mol. The van der Waals surface area contributed by atoms with E-state index in [1.807, 2.05) is 60.2 Å². The number of hydrogen-bond donors (Lipinski definition) is 1. The van der Waals surface area contributed by atoms with Gasteiger partial charge in [0.15, 0.2) is 0 Å². The van der Waals surface area contributed by atoms with Crippen LogP contribution in [0.15, 0.2) is 67.1 Å². The highest BCUT2D eigenvalue weighted by Gasteiger charge is 2.22. The van der Waals surface area contributed by atoms with Crippen LogP contribution in [0.1, 0.15) is 23.7 Å². The molecule has 2 N–H and O–H groups in total. The SMILES string of the molecule is CCN(Cc1ccccc1Cl)C(=O)[C@@H](N)Cc1cn(Cc2ccccc2)cn1.Cl.Cl. The summed E-state index contributed by atoms with van der Waals surface area (Å²) in [4.78, 5) is 19.0. The summed E-state index contributed by atoms with van der Waals surface area (Å²) in [6.45, 7) is 3.70. The van der Waals surface area contributed by atoms with Gasteiger partial charge in [0.05, 0.1) is 18.1 Å². The second kappa shape index (κ2) is 12.6. The molecule has 3 rings (SSSR count). The number of amides is 1. The van der Waals surface area contributed by atoms with Crippen LogP contribution >= 0.6 is 36.4 Å². The number of nitrogens with two attached hydrogens (primary N) is 1. The number of likely N-dealkylation sites (N-methyl/N-ethyl adjacent to an activating group) is 1. The van der Waals surface area contributed by atoms with Gasteiger partial charge in [0, 0.05) is 37.3 Å². The number of benzene rings is 2. The van der Waals surface area contributed by atoms with Gasteiger partial charge >= 0.3 is 0 Å². The summed E-state index contributed by atoms with van der Waals surface area (Å²) < 4.78 is 2.00. The maximum Gasteiger partial charge on any atom is 0.240 e. The largest absolute Gasteiger partial charge is 0.337 e. The Kier molecular flexibility index (Phi) is 10.9. The van der Waals surface area contributed by atoms with Gasteiger partial charge in [-0.25, -0.2) is 4.98 Å². The smallest absolute Gasteiger partial charge is 0.240 e. The number of halogens is 3. The molecule has 2 aromatic carbocycles. The van der Waals surface area contributed by atoms with E-state index in [0.29, 0.717) is 24.5 Å². The molecule has 0 aliphatic rings. The Morgan fingerprint density at radius 1 is 1.13 bits per heavy atom. The molecule has 0 fully saturated rings. The zero-order valence-electron chi connectivity index (χ0n) is 16.8. The monoisotopic (exact) mass is 468 g/mol. The van der Waals surface area contributed by atoms with E-state index in [2.05, 4.69) is 17.1 Å². The summed E-state index contributed by atoms with van der Waals surface area (Å²) in [6.07, 6.45) is 4.13. The number of nitrogens with zero attached hydrogens (tertiary/aromatic N) is 3. The minimum absolute atomic E-state index is 0. The molecule has 0 saturated carbocycles. The average molecular weight is 470 g/mol.